The molecular weight excluding hydrogens is 294 g/mol. The highest BCUT2D eigenvalue weighted by atomic mass is 32.2. The Morgan fingerprint density at radius 2 is 2.30 bits per heavy atom. The lowest BCUT2D eigenvalue weighted by atomic mass is 10.0. The van der Waals surface area contributed by atoms with Gasteiger partial charge in [-0.25, -0.2) is 0 Å². The highest BCUT2D eigenvalue weighted by Gasteiger charge is 2.25. The molecule has 0 N–H and O–H groups in total. The average Bonchev–Trinajstić information content (AvgIpc) is 2.93. The number of carbonyl (C=O) groups is 1. The predicted molar refractivity (Wildman–Crippen MR) is 81.9 cm³/mol. The Hall–Kier alpha value is -0.690. The molecule has 0 aliphatic carbocycles. The zero-order chi connectivity index (χ0) is 14.4. The van der Waals surface area contributed by atoms with Gasteiger partial charge in [-0.3, -0.25) is 4.79 Å². The number of hydrogen-bond acceptors (Lipinski definition) is 6. The van der Waals surface area contributed by atoms with Crippen molar-refractivity contribution in [3.63, 3.8) is 0 Å². The molecular formula is C13H21N3O2S2. The van der Waals surface area contributed by atoms with Crippen LogP contribution in [0.15, 0.2) is 9.64 Å². The van der Waals surface area contributed by atoms with Crippen LogP contribution < -0.4 is 0 Å². The van der Waals surface area contributed by atoms with E-state index in [9.17, 15) is 4.79 Å². The fourth-order valence-electron chi connectivity index (χ4n) is 2.44. The average molecular weight is 315 g/mol. The molecule has 7 heteroatoms. The highest BCUT2D eigenvalue weighted by Crippen LogP contribution is 2.23. The van der Waals surface area contributed by atoms with Crippen molar-refractivity contribution in [3.05, 3.63) is 5.89 Å². The molecule has 5 nitrogen and oxygen atoms in total. The van der Waals surface area contributed by atoms with Crippen molar-refractivity contribution in [2.24, 2.45) is 0 Å². The molecule has 1 aromatic heterocycles. The Kier molecular flexibility index (Phi) is 6.22. The minimum Gasteiger partial charge on any atom is -0.415 e. The van der Waals surface area contributed by atoms with E-state index < -0.39 is 0 Å². The maximum absolute atomic E-state index is 12.3. The summed E-state index contributed by atoms with van der Waals surface area (Å²) in [6.45, 7) is 3.04. The molecule has 112 valence electrons. The van der Waals surface area contributed by atoms with Crippen molar-refractivity contribution in [2.75, 3.05) is 18.6 Å². The van der Waals surface area contributed by atoms with Crippen LogP contribution in [0.1, 0.15) is 38.5 Å². The van der Waals surface area contributed by atoms with Gasteiger partial charge in [0.25, 0.3) is 5.22 Å². The minimum absolute atomic E-state index is 0.186. The predicted octanol–water partition coefficient (Wildman–Crippen LogP) is 2.82. The summed E-state index contributed by atoms with van der Waals surface area (Å²) in [5.74, 6) is 1.91. The van der Waals surface area contributed by atoms with Crippen LogP contribution in [0.5, 0.6) is 0 Å². The first-order valence-electron chi connectivity index (χ1n) is 6.98. The second kappa shape index (κ2) is 7.93. The number of nitrogens with zero attached hydrogens (tertiary/aromatic N) is 3. The maximum Gasteiger partial charge on any atom is 0.277 e. The Labute approximate surface area is 128 Å². The normalized spacial score (nSPS) is 19.3. The minimum atomic E-state index is 0.186. The molecule has 1 unspecified atom stereocenters. The second-order valence-corrected chi connectivity index (χ2v) is 6.62. The molecule has 2 rings (SSSR count). The Morgan fingerprint density at radius 3 is 3.05 bits per heavy atom. The number of likely N-dealkylation sites (tertiary alicyclic amines) is 1. The van der Waals surface area contributed by atoms with Gasteiger partial charge in [0.2, 0.25) is 11.8 Å². The number of hydrogen-bond donors (Lipinski definition) is 0. The van der Waals surface area contributed by atoms with Gasteiger partial charge in [0.1, 0.15) is 0 Å². The van der Waals surface area contributed by atoms with Crippen molar-refractivity contribution < 1.29 is 9.21 Å². The van der Waals surface area contributed by atoms with Crippen LogP contribution >= 0.6 is 23.5 Å². The van der Waals surface area contributed by atoms with Crippen LogP contribution in [0.25, 0.3) is 0 Å². The van der Waals surface area contributed by atoms with Crippen LogP contribution in [0.3, 0.4) is 0 Å². The quantitative estimate of drug-likeness (QED) is 0.752. The van der Waals surface area contributed by atoms with E-state index in [4.69, 9.17) is 4.42 Å². The van der Waals surface area contributed by atoms with Gasteiger partial charge in [-0.2, -0.15) is 11.8 Å². The first kappa shape index (κ1) is 15.7. The maximum atomic E-state index is 12.3. The lowest BCUT2D eigenvalue weighted by Gasteiger charge is -2.35. The summed E-state index contributed by atoms with van der Waals surface area (Å²) < 4.78 is 5.46. The summed E-state index contributed by atoms with van der Waals surface area (Å²) in [6.07, 6.45) is 6.50. The Morgan fingerprint density at radius 1 is 1.45 bits per heavy atom. The smallest absolute Gasteiger partial charge is 0.277 e. The molecule has 0 bridgehead atoms. The molecule has 0 radical (unpaired) electrons. The molecule has 1 aliphatic rings. The molecule has 1 fully saturated rings. The number of piperidine rings is 1. The summed E-state index contributed by atoms with van der Waals surface area (Å²) in [4.78, 5) is 14.3. The van der Waals surface area contributed by atoms with E-state index in [0.29, 0.717) is 28.7 Å². The van der Waals surface area contributed by atoms with Gasteiger partial charge in [0.15, 0.2) is 0 Å². The van der Waals surface area contributed by atoms with Crippen molar-refractivity contribution in [2.45, 2.75) is 49.6 Å². The van der Waals surface area contributed by atoms with Crippen molar-refractivity contribution in [3.8, 4) is 0 Å². The molecule has 1 amide bonds. The molecule has 2 heterocycles. The van der Waals surface area contributed by atoms with Crippen molar-refractivity contribution >= 4 is 29.4 Å². The lowest BCUT2D eigenvalue weighted by Crippen LogP contribution is -2.44. The van der Waals surface area contributed by atoms with E-state index in [2.05, 4.69) is 17.1 Å². The molecule has 0 spiro atoms. The zero-order valence-corrected chi connectivity index (χ0v) is 13.6. The molecule has 1 aromatic rings. The van der Waals surface area contributed by atoms with Gasteiger partial charge < -0.3 is 9.32 Å². The zero-order valence-electron chi connectivity index (χ0n) is 12.0. The largest absolute Gasteiger partial charge is 0.415 e. The molecule has 1 aliphatic heterocycles. The van der Waals surface area contributed by atoms with Crippen molar-refractivity contribution in [1.82, 2.24) is 15.1 Å². The summed E-state index contributed by atoms with van der Waals surface area (Å²) in [5, 5.41) is 8.39. The van der Waals surface area contributed by atoms with Gasteiger partial charge in [-0.05, 0) is 31.9 Å². The SMILES string of the molecule is CCC1CCCCN1C(=O)CSc1nnc(CSC)o1. The molecule has 20 heavy (non-hydrogen) atoms. The molecule has 0 saturated carbocycles. The van der Waals surface area contributed by atoms with E-state index in [1.54, 1.807) is 11.8 Å². The Balaban J connectivity index is 1.84. The Bertz CT molecular complexity index is 439. The molecule has 1 saturated heterocycles. The monoisotopic (exact) mass is 315 g/mol. The number of aromatic nitrogens is 2. The third-order valence-electron chi connectivity index (χ3n) is 3.45. The fraction of sp³-hybridized carbons (Fsp3) is 0.769. The van der Waals surface area contributed by atoms with Gasteiger partial charge in [-0.1, -0.05) is 18.7 Å². The first-order valence-corrected chi connectivity index (χ1v) is 9.36. The molecule has 0 aromatic carbocycles. The van der Waals surface area contributed by atoms with E-state index >= 15 is 0 Å². The topological polar surface area (TPSA) is 59.2 Å². The fourth-order valence-corrected chi connectivity index (χ4v) is 3.47. The van der Waals surface area contributed by atoms with E-state index in [0.717, 1.165) is 25.8 Å². The number of amides is 1. The summed E-state index contributed by atoms with van der Waals surface area (Å²) in [7, 11) is 0. The van der Waals surface area contributed by atoms with Gasteiger partial charge >= 0.3 is 0 Å². The van der Waals surface area contributed by atoms with Gasteiger partial charge in [-0.15, -0.1) is 10.2 Å². The summed E-state index contributed by atoms with van der Waals surface area (Å²) >= 11 is 2.98. The summed E-state index contributed by atoms with van der Waals surface area (Å²) in [5.41, 5.74) is 0. The number of thioether (sulfide) groups is 2. The van der Waals surface area contributed by atoms with E-state index in [1.165, 1.54) is 18.2 Å². The van der Waals surface area contributed by atoms with Crippen LogP contribution in [-0.4, -0.2) is 45.6 Å². The highest BCUT2D eigenvalue weighted by molar-refractivity contribution is 7.99. The number of rotatable bonds is 6. The van der Waals surface area contributed by atoms with Crippen LogP contribution in [0, 0.1) is 0 Å². The summed E-state index contributed by atoms with van der Waals surface area (Å²) in [6, 6.07) is 0.409. The van der Waals surface area contributed by atoms with Crippen LogP contribution in [0.2, 0.25) is 0 Å². The van der Waals surface area contributed by atoms with Crippen molar-refractivity contribution in [1.29, 1.82) is 0 Å². The van der Waals surface area contributed by atoms with Crippen LogP contribution in [-0.2, 0) is 10.5 Å². The van der Waals surface area contributed by atoms with E-state index in [1.807, 2.05) is 11.2 Å². The van der Waals surface area contributed by atoms with Crippen LogP contribution in [0.4, 0.5) is 0 Å². The number of carbonyl (C=O) groups excluding carboxylic acids is 1. The van der Waals surface area contributed by atoms with E-state index in [-0.39, 0.29) is 5.91 Å². The second-order valence-electron chi connectivity index (χ2n) is 4.83. The standard InChI is InChI=1S/C13H21N3O2S2/c1-3-10-6-4-5-7-16(10)12(17)9-20-13-15-14-11(18-13)8-19-2/h10H,3-9H2,1-2H3. The first-order chi connectivity index (χ1) is 9.74. The van der Waals surface area contributed by atoms with Gasteiger partial charge in [0.05, 0.1) is 11.5 Å². The third-order valence-corrected chi connectivity index (χ3v) is 4.79. The molecule has 1 atom stereocenters. The lowest BCUT2D eigenvalue weighted by molar-refractivity contribution is -0.132. The third kappa shape index (κ3) is 4.15. The van der Waals surface area contributed by atoms with Gasteiger partial charge in [0, 0.05) is 12.6 Å².